The fraction of sp³-hybridized carbons (Fsp3) is 0.188. The van der Waals surface area contributed by atoms with E-state index in [-0.39, 0.29) is 68.0 Å². The molecule has 0 fully saturated rings. The zero-order chi connectivity index (χ0) is 21.5. The van der Waals surface area contributed by atoms with Crippen LogP contribution in [0, 0.1) is 0 Å². The third kappa shape index (κ3) is 4.39. The molecule has 0 amide bonds. The van der Waals surface area contributed by atoms with Crippen LogP contribution < -0.4 is 0 Å². The molecule has 2 aromatic carbocycles. The zero-order valence-electron chi connectivity index (χ0n) is 13.4. The highest BCUT2D eigenvalue weighted by Crippen LogP contribution is 2.53. The fourth-order valence-corrected chi connectivity index (χ4v) is 5.10. The Bertz CT molecular complexity index is 845. The van der Waals surface area contributed by atoms with Crippen LogP contribution in [0.5, 0.6) is 0 Å². The van der Waals surface area contributed by atoms with Crippen LogP contribution in [0.25, 0.3) is 0 Å². The van der Waals surface area contributed by atoms with Crippen LogP contribution in [0.15, 0.2) is 0 Å². The average Bonchev–Trinajstić information content (AvgIpc) is 2.66. The minimum absolute atomic E-state index is 0.0283. The molecule has 0 unspecified atom stereocenters. The summed E-state index contributed by atoms with van der Waals surface area (Å²) in [5, 5.41) is -1.26. The van der Waals surface area contributed by atoms with Crippen LogP contribution >= 0.6 is 116 Å². The molecule has 0 aliphatic heterocycles. The Hall–Kier alpha value is 0.810. The second-order valence-electron chi connectivity index (χ2n) is 5.15. The summed E-state index contributed by atoms with van der Waals surface area (Å²) >= 11 is 62.0. The average molecular weight is 585 g/mol. The topological polar surface area (TPSA) is 26.3 Å². The normalized spacial score (nSPS) is 11.3. The van der Waals surface area contributed by atoms with Crippen LogP contribution in [0.4, 0.5) is 0 Å². The summed E-state index contributed by atoms with van der Waals surface area (Å²) in [6.45, 7) is 1.63. The first-order valence-electron chi connectivity index (χ1n) is 7.16. The van der Waals surface area contributed by atoms with Gasteiger partial charge in [-0.2, -0.15) is 0 Å². The third-order valence-electron chi connectivity index (χ3n) is 3.59. The van der Waals surface area contributed by atoms with E-state index in [9.17, 15) is 4.79 Å². The van der Waals surface area contributed by atoms with Gasteiger partial charge < -0.3 is 4.74 Å². The maximum absolute atomic E-state index is 12.9. The lowest BCUT2D eigenvalue weighted by Crippen LogP contribution is -2.19. The lowest BCUT2D eigenvalue weighted by atomic mass is 9.90. The highest BCUT2D eigenvalue weighted by molar-refractivity contribution is 6.57. The summed E-state index contributed by atoms with van der Waals surface area (Å²) in [5.41, 5.74) is -0.0566. The lowest BCUT2D eigenvalue weighted by molar-refractivity contribution is -0.143. The maximum Gasteiger partial charge on any atom is 0.318 e. The molecule has 0 atom stereocenters. The Balaban J connectivity index is 2.99. The first-order chi connectivity index (χ1) is 13.0. The SMILES string of the molecule is CCOC(=O)C(c1c(Cl)c(Cl)c(Cl)c(Cl)c1Cl)c1c(Cl)c(Cl)c(Cl)c(Cl)c1Cl. The number of esters is 1. The van der Waals surface area contributed by atoms with E-state index in [1.165, 1.54) is 0 Å². The van der Waals surface area contributed by atoms with Gasteiger partial charge in [0.05, 0.1) is 56.8 Å². The molecule has 12 heteroatoms. The maximum atomic E-state index is 12.9. The van der Waals surface area contributed by atoms with Crippen LogP contribution in [0.3, 0.4) is 0 Å². The Labute approximate surface area is 210 Å². The number of hydrogen-bond donors (Lipinski definition) is 0. The van der Waals surface area contributed by atoms with Gasteiger partial charge in [0.15, 0.2) is 0 Å². The molecule has 0 aliphatic rings. The van der Waals surface area contributed by atoms with Crippen molar-refractivity contribution in [1.29, 1.82) is 0 Å². The van der Waals surface area contributed by atoms with Crippen molar-refractivity contribution in [3.8, 4) is 0 Å². The van der Waals surface area contributed by atoms with E-state index in [1.807, 2.05) is 0 Å². The number of rotatable bonds is 4. The second kappa shape index (κ2) is 9.96. The molecule has 0 N–H and O–H groups in total. The van der Waals surface area contributed by atoms with Gasteiger partial charge in [0.2, 0.25) is 0 Å². The molecule has 0 aromatic heterocycles. The number of hydrogen-bond acceptors (Lipinski definition) is 2. The molecule has 152 valence electrons. The molecule has 2 nitrogen and oxygen atoms in total. The Kier molecular flexibility index (Phi) is 8.91. The first kappa shape index (κ1) is 25.1. The summed E-state index contributed by atoms with van der Waals surface area (Å²) in [7, 11) is 0. The minimum atomic E-state index is -1.38. The van der Waals surface area contributed by atoms with Gasteiger partial charge in [-0.3, -0.25) is 4.79 Å². The van der Waals surface area contributed by atoms with Crippen molar-refractivity contribution in [2.75, 3.05) is 6.61 Å². The number of benzene rings is 2. The van der Waals surface area contributed by atoms with Crippen LogP contribution in [-0.4, -0.2) is 12.6 Å². The van der Waals surface area contributed by atoms with E-state index in [4.69, 9.17) is 121 Å². The molecule has 0 spiro atoms. The number of halogens is 10. The van der Waals surface area contributed by atoms with Crippen LogP contribution in [-0.2, 0) is 9.53 Å². The van der Waals surface area contributed by atoms with Gasteiger partial charge in [0, 0.05) is 11.1 Å². The monoisotopic (exact) mass is 580 g/mol. The van der Waals surface area contributed by atoms with Crippen LogP contribution in [0.1, 0.15) is 24.0 Å². The molecule has 2 rings (SSSR count). The zero-order valence-corrected chi connectivity index (χ0v) is 20.9. The summed E-state index contributed by atoms with van der Waals surface area (Å²) in [4.78, 5) is 12.9. The van der Waals surface area contributed by atoms with Gasteiger partial charge in [-0.05, 0) is 6.92 Å². The predicted octanol–water partition coefficient (Wildman–Crippen LogP) is 9.92. The smallest absolute Gasteiger partial charge is 0.318 e. The van der Waals surface area contributed by atoms with Gasteiger partial charge in [0.25, 0.3) is 0 Å². The Morgan fingerprint density at radius 1 is 0.607 bits per heavy atom. The van der Waals surface area contributed by atoms with Crippen molar-refractivity contribution in [3.63, 3.8) is 0 Å². The molecule has 0 bridgehead atoms. The van der Waals surface area contributed by atoms with E-state index < -0.39 is 11.9 Å². The van der Waals surface area contributed by atoms with Crippen molar-refractivity contribution in [2.24, 2.45) is 0 Å². The van der Waals surface area contributed by atoms with Gasteiger partial charge >= 0.3 is 5.97 Å². The van der Waals surface area contributed by atoms with Gasteiger partial charge in [-0.25, -0.2) is 0 Å². The third-order valence-corrected chi connectivity index (χ3v) is 8.20. The quantitative estimate of drug-likeness (QED) is 0.203. The highest BCUT2D eigenvalue weighted by Gasteiger charge is 2.37. The predicted molar refractivity (Wildman–Crippen MR) is 121 cm³/mol. The summed E-state index contributed by atoms with van der Waals surface area (Å²) in [6, 6.07) is 0. The Morgan fingerprint density at radius 2 is 0.857 bits per heavy atom. The van der Waals surface area contributed by atoms with Crippen molar-refractivity contribution in [1.82, 2.24) is 0 Å². The second-order valence-corrected chi connectivity index (χ2v) is 8.93. The van der Waals surface area contributed by atoms with Crippen molar-refractivity contribution >= 4 is 122 Å². The van der Waals surface area contributed by atoms with E-state index in [2.05, 4.69) is 0 Å². The molecule has 2 aromatic rings. The fourth-order valence-electron chi connectivity index (χ4n) is 2.36. The Morgan fingerprint density at radius 3 is 1.11 bits per heavy atom. The summed E-state index contributed by atoms with van der Waals surface area (Å²) < 4.78 is 5.14. The van der Waals surface area contributed by atoms with Gasteiger partial charge in [-0.15, -0.1) is 0 Å². The van der Waals surface area contributed by atoms with Crippen molar-refractivity contribution in [3.05, 3.63) is 61.4 Å². The van der Waals surface area contributed by atoms with E-state index in [0.29, 0.717) is 0 Å². The molecule has 0 aliphatic carbocycles. The molecule has 28 heavy (non-hydrogen) atoms. The highest BCUT2D eigenvalue weighted by atomic mass is 35.5. The van der Waals surface area contributed by atoms with E-state index in [0.717, 1.165) is 0 Å². The van der Waals surface area contributed by atoms with Gasteiger partial charge in [0.1, 0.15) is 5.92 Å². The van der Waals surface area contributed by atoms with Crippen molar-refractivity contribution in [2.45, 2.75) is 12.8 Å². The lowest BCUT2D eigenvalue weighted by Gasteiger charge is -2.24. The van der Waals surface area contributed by atoms with E-state index in [1.54, 1.807) is 6.92 Å². The van der Waals surface area contributed by atoms with Crippen molar-refractivity contribution < 1.29 is 9.53 Å². The minimum Gasteiger partial charge on any atom is -0.465 e. The molecular weight excluding hydrogens is 579 g/mol. The van der Waals surface area contributed by atoms with Crippen LogP contribution in [0.2, 0.25) is 50.2 Å². The molecular formula is C16H6Cl10O2. The molecule has 0 radical (unpaired) electrons. The number of ether oxygens (including phenoxy) is 1. The summed E-state index contributed by atoms with van der Waals surface area (Å²) in [5.74, 6) is -2.18. The standard InChI is InChI=1S/C16H6Cl10O2/c1-2-28-16(27)3(4-6(17)10(21)14(25)11(22)7(4)18)5-8(19)12(23)15(26)13(24)9(5)20/h3H,2H2,1H3. The molecule has 0 saturated carbocycles. The summed E-state index contributed by atoms with van der Waals surface area (Å²) in [6.07, 6.45) is 0. The van der Waals surface area contributed by atoms with Gasteiger partial charge in [-0.1, -0.05) is 116 Å². The largest absolute Gasteiger partial charge is 0.465 e. The molecule has 0 heterocycles. The number of carbonyl (C=O) groups excluding carboxylic acids is 1. The van der Waals surface area contributed by atoms with E-state index >= 15 is 0 Å². The first-order valence-corrected chi connectivity index (χ1v) is 10.9. The number of carbonyl (C=O) groups is 1. The molecule has 0 saturated heterocycles.